The Labute approximate surface area is 146 Å². The summed E-state index contributed by atoms with van der Waals surface area (Å²) >= 11 is 3.38. The minimum atomic E-state index is -0.276. The standard InChI is InChI=1S/C17H26BrN3O2/c1-13(2)16(22)11-20-7-9-21(10-8-20)12-17(23)19-15-5-3-14(18)4-6-15/h3-6,13,16,22H,7-12H2,1-2H3,(H,19,23). The number of amides is 1. The van der Waals surface area contributed by atoms with Gasteiger partial charge in [0.1, 0.15) is 0 Å². The Morgan fingerprint density at radius 1 is 1.17 bits per heavy atom. The summed E-state index contributed by atoms with van der Waals surface area (Å²) in [6.07, 6.45) is -0.276. The van der Waals surface area contributed by atoms with Crippen LogP contribution in [0.2, 0.25) is 0 Å². The Bertz CT molecular complexity index is 499. The van der Waals surface area contributed by atoms with Crippen LogP contribution in [0.1, 0.15) is 13.8 Å². The molecule has 0 bridgehead atoms. The van der Waals surface area contributed by atoms with Crippen molar-refractivity contribution in [1.82, 2.24) is 9.80 Å². The fourth-order valence-corrected chi connectivity index (χ4v) is 2.81. The number of nitrogens with one attached hydrogen (secondary N) is 1. The number of halogens is 1. The highest BCUT2D eigenvalue weighted by Gasteiger charge is 2.21. The lowest BCUT2D eigenvalue weighted by atomic mass is 10.1. The fraction of sp³-hybridized carbons (Fsp3) is 0.588. The minimum Gasteiger partial charge on any atom is -0.392 e. The summed E-state index contributed by atoms with van der Waals surface area (Å²) in [6, 6.07) is 7.59. The van der Waals surface area contributed by atoms with E-state index in [0.29, 0.717) is 6.54 Å². The van der Waals surface area contributed by atoms with Crippen LogP contribution in [0.25, 0.3) is 0 Å². The molecule has 128 valence electrons. The molecule has 1 aromatic rings. The molecule has 1 unspecified atom stereocenters. The van der Waals surface area contributed by atoms with Crippen molar-refractivity contribution in [3.63, 3.8) is 0 Å². The summed E-state index contributed by atoms with van der Waals surface area (Å²) in [4.78, 5) is 16.5. The zero-order chi connectivity index (χ0) is 16.8. The second-order valence-electron chi connectivity index (χ2n) is 6.44. The number of hydrogen-bond donors (Lipinski definition) is 2. The lowest BCUT2D eigenvalue weighted by molar-refractivity contribution is -0.117. The predicted molar refractivity (Wildman–Crippen MR) is 96.5 cm³/mol. The first-order valence-electron chi connectivity index (χ1n) is 8.12. The number of hydrogen-bond acceptors (Lipinski definition) is 4. The number of nitrogens with zero attached hydrogens (tertiary/aromatic N) is 2. The van der Waals surface area contributed by atoms with Gasteiger partial charge in [0, 0.05) is 42.9 Å². The van der Waals surface area contributed by atoms with Crippen molar-refractivity contribution in [3.8, 4) is 0 Å². The molecule has 5 nitrogen and oxygen atoms in total. The van der Waals surface area contributed by atoms with Crippen molar-refractivity contribution in [2.24, 2.45) is 5.92 Å². The molecule has 1 atom stereocenters. The van der Waals surface area contributed by atoms with Gasteiger partial charge in [-0.05, 0) is 30.2 Å². The zero-order valence-electron chi connectivity index (χ0n) is 13.8. The van der Waals surface area contributed by atoms with Crippen LogP contribution in [-0.4, -0.2) is 66.2 Å². The van der Waals surface area contributed by atoms with Crippen LogP contribution in [-0.2, 0) is 4.79 Å². The molecule has 0 aromatic heterocycles. The van der Waals surface area contributed by atoms with E-state index in [0.717, 1.165) is 42.9 Å². The highest BCUT2D eigenvalue weighted by molar-refractivity contribution is 9.10. The van der Waals surface area contributed by atoms with Crippen molar-refractivity contribution in [2.75, 3.05) is 44.6 Å². The maximum atomic E-state index is 12.1. The molecule has 0 radical (unpaired) electrons. The fourth-order valence-electron chi connectivity index (χ4n) is 2.54. The number of benzene rings is 1. The van der Waals surface area contributed by atoms with E-state index in [2.05, 4.69) is 31.0 Å². The maximum absolute atomic E-state index is 12.1. The minimum absolute atomic E-state index is 0.0167. The molecule has 1 amide bonds. The quantitative estimate of drug-likeness (QED) is 0.788. The van der Waals surface area contributed by atoms with Gasteiger partial charge in [0.15, 0.2) is 0 Å². The zero-order valence-corrected chi connectivity index (χ0v) is 15.4. The summed E-state index contributed by atoms with van der Waals surface area (Å²) in [6.45, 7) is 8.72. The number of anilines is 1. The number of carbonyl (C=O) groups is 1. The number of β-amino-alcohol motifs (C(OH)–C–C–N with tert-alkyl or cyclic N) is 1. The summed E-state index contributed by atoms with van der Waals surface area (Å²) in [7, 11) is 0. The molecular weight excluding hydrogens is 358 g/mol. The van der Waals surface area contributed by atoms with E-state index in [4.69, 9.17) is 0 Å². The van der Waals surface area contributed by atoms with Crippen LogP contribution in [0.3, 0.4) is 0 Å². The van der Waals surface area contributed by atoms with Crippen molar-refractivity contribution in [3.05, 3.63) is 28.7 Å². The molecule has 0 spiro atoms. The monoisotopic (exact) mass is 383 g/mol. The number of carbonyl (C=O) groups excluding carboxylic acids is 1. The van der Waals surface area contributed by atoms with Crippen LogP contribution in [0.4, 0.5) is 5.69 Å². The summed E-state index contributed by atoms with van der Waals surface area (Å²) < 4.78 is 0.996. The molecule has 1 aromatic carbocycles. The van der Waals surface area contributed by atoms with E-state index in [1.807, 2.05) is 38.1 Å². The van der Waals surface area contributed by atoms with Crippen molar-refractivity contribution < 1.29 is 9.90 Å². The highest BCUT2D eigenvalue weighted by atomic mass is 79.9. The van der Waals surface area contributed by atoms with Gasteiger partial charge in [-0.15, -0.1) is 0 Å². The second kappa shape index (κ2) is 8.78. The van der Waals surface area contributed by atoms with Crippen molar-refractivity contribution in [1.29, 1.82) is 0 Å². The normalized spacial score (nSPS) is 18.1. The van der Waals surface area contributed by atoms with E-state index in [-0.39, 0.29) is 17.9 Å². The van der Waals surface area contributed by atoms with Gasteiger partial charge in [-0.2, -0.15) is 0 Å². The summed E-state index contributed by atoms with van der Waals surface area (Å²) in [5.74, 6) is 0.299. The Morgan fingerprint density at radius 2 is 1.74 bits per heavy atom. The Kier molecular flexibility index (Phi) is 7.02. The van der Waals surface area contributed by atoms with Gasteiger partial charge in [0.05, 0.1) is 12.6 Å². The SMILES string of the molecule is CC(C)C(O)CN1CCN(CC(=O)Nc2ccc(Br)cc2)CC1. The van der Waals surface area contributed by atoms with Gasteiger partial charge in [0.2, 0.25) is 5.91 Å². The maximum Gasteiger partial charge on any atom is 0.238 e. The number of aliphatic hydroxyl groups is 1. The molecule has 0 saturated carbocycles. The predicted octanol–water partition coefficient (Wildman–Crippen LogP) is 2.02. The third-order valence-electron chi connectivity index (χ3n) is 4.17. The second-order valence-corrected chi connectivity index (χ2v) is 7.36. The van der Waals surface area contributed by atoms with E-state index in [9.17, 15) is 9.90 Å². The molecule has 1 saturated heterocycles. The average molecular weight is 384 g/mol. The van der Waals surface area contributed by atoms with Crippen LogP contribution >= 0.6 is 15.9 Å². The van der Waals surface area contributed by atoms with E-state index in [1.54, 1.807) is 0 Å². The van der Waals surface area contributed by atoms with Gasteiger partial charge in [-0.1, -0.05) is 29.8 Å². The van der Waals surface area contributed by atoms with E-state index in [1.165, 1.54) is 0 Å². The van der Waals surface area contributed by atoms with E-state index < -0.39 is 0 Å². The third-order valence-corrected chi connectivity index (χ3v) is 4.70. The van der Waals surface area contributed by atoms with Crippen LogP contribution in [0.15, 0.2) is 28.7 Å². The topological polar surface area (TPSA) is 55.8 Å². The first-order chi connectivity index (χ1) is 10.9. The van der Waals surface area contributed by atoms with Crippen molar-refractivity contribution in [2.45, 2.75) is 20.0 Å². The molecule has 0 aliphatic carbocycles. The molecule has 1 heterocycles. The molecule has 1 aliphatic rings. The molecular formula is C17H26BrN3O2. The molecule has 6 heteroatoms. The lowest BCUT2D eigenvalue weighted by Crippen LogP contribution is -2.50. The number of piperazine rings is 1. The Morgan fingerprint density at radius 3 is 2.30 bits per heavy atom. The lowest BCUT2D eigenvalue weighted by Gasteiger charge is -2.35. The summed E-state index contributed by atoms with van der Waals surface area (Å²) in [5.41, 5.74) is 0.817. The average Bonchev–Trinajstić information content (AvgIpc) is 2.51. The largest absolute Gasteiger partial charge is 0.392 e. The molecule has 1 aliphatic heterocycles. The van der Waals surface area contributed by atoms with Crippen molar-refractivity contribution >= 4 is 27.5 Å². The third kappa shape index (κ3) is 6.22. The highest BCUT2D eigenvalue weighted by Crippen LogP contribution is 2.14. The number of rotatable bonds is 6. The Hall–Kier alpha value is -0.950. The van der Waals surface area contributed by atoms with Gasteiger partial charge in [-0.25, -0.2) is 0 Å². The van der Waals surface area contributed by atoms with E-state index >= 15 is 0 Å². The van der Waals surface area contributed by atoms with Gasteiger partial charge < -0.3 is 10.4 Å². The van der Waals surface area contributed by atoms with Gasteiger partial charge in [0.25, 0.3) is 0 Å². The van der Waals surface area contributed by atoms with Crippen LogP contribution in [0.5, 0.6) is 0 Å². The molecule has 2 N–H and O–H groups in total. The van der Waals surface area contributed by atoms with Crippen LogP contribution in [0, 0.1) is 5.92 Å². The Balaban J connectivity index is 1.71. The molecule has 23 heavy (non-hydrogen) atoms. The van der Waals surface area contributed by atoms with Crippen LogP contribution < -0.4 is 5.32 Å². The van der Waals surface area contributed by atoms with Gasteiger partial charge >= 0.3 is 0 Å². The summed E-state index contributed by atoms with van der Waals surface area (Å²) in [5, 5.41) is 12.9. The van der Waals surface area contributed by atoms with Gasteiger partial charge in [-0.3, -0.25) is 14.6 Å². The molecule has 1 fully saturated rings. The number of aliphatic hydroxyl groups excluding tert-OH is 1. The smallest absolute Gasteiger partial charge is 0.238 e. The first-order valence-corrected chi connectivity index (χ1v) is 8.91. The first kappa shape index (κ1) is 18.4. The molecule has 2 rings (SSSR count).